The summed E-state index contributed by atoms with van der Waals surface area (Å²) >= 11 is 1.65. The molecule has 0 fully saturated rings. The molecular formula is C15H16N4OS. The maximum atomic E-state index is 11.8. The molecule has 3 heterocycles. The van der Waals surface area contributed by atoms with Crippen LogP contribution in [0.25, 0.3) is 4.96 Å². The van der Waals surface area contributed by atoms with Crippen LogP contribution >= 0.6 is 11.3 Å². The van der Waals surface area contributed by atoms with E-state index in [1.54, 1.807) is 23.7 Å². The number of amides is 1. The first-order valence-corrected chi connectivity index (χ1v) is 7.62. The lowest BCUT2D eigenvalue weighted by Crippen LogP contribution is -2.23. The number of rotatable bonds is 5. The molecule has 3 aromatic heterocycles. The summed E-state index contributed by atoms with van der Waals surface area (Å²) in [6.45, 7) is 2.53. The van der Waals surface area contributed by atoms with E-state index in [4.69, 9.17) is 0 Å². The molecule has 0 spiro atoms. The SMILES string of the molecule is Cc1cn2cc(CNC(=O)CCc3cccnc3)nc2s1. The van der Waals surface area contributed by atoms with E-state index < -0.39 is 0 Å². The number of aromatic nitrogens is 3. The van der Waals surface area contributed by atoms with E-state index in [2.05, 4.69) is 22.2 Å². The van der Waals surface area contributed by atoms with E-state index in [1.807, 2.05) is 28.9 Å². The van der Waals surface area contributed by atoms with Crippen LogP contribution in [0, 0.1) is 6.92 Å². The first-order valence-electron chi connectivity index (χ1n) is 6.80. The highest BCUT2D eigenvalue weighted by Crippen LogP contribution is 2.16. The third-order valence-electron chi connectivity index (χ3n) is 3.15. The predicted molar refractivity (Wildman–Crippen MR) is 82.2 cm³/mol. The van der Waals surface area contributed by atoms with Crippen molar-refractivity contribution >= 4 is 22.2 Å². The number of carbonyl (C=O) groups excluding carboxylic acids is 1. The van der Waals surface area contributed by atoms with Gasteiger partial charge in [-0.15, -0.1) is 11.3 Å². The van der Waals surface area contributed by atoms with Crippen LogP contribution < -0.4 is 5.32 Å². The number of aryl methyl sites for hydroxylation is 2. The highest BCUT2D eigenvalue weighted by atomic mass is 32.1. The molecule has 0 aromatic carbocycles. The van der Waals surface area contributed by atoms with Crippen molar-refractivity contribution in [3.63, 3.8) is 0 Å². The van der Waals surface area contributed by atoms with E-state index in [-0.39, 0.29) is 5.91 Å². The number of imidazole rings is 1. The first-order chi connectivity index (χ1) is 10.2. The van der Waals surface area contributed by atoms with Crippen LogP contribution in [0.5, 0.6) is 0 Å². The molecule has 0 atom stereocenters. The van der Waals surface area contributed by atoms with Crippen molar-refractivity contribution < 1.29 is 4.79 Å². The Morgan fingerprint density at radius 1 is 1.43 bits per heavy atom. The van der Waals surface area contributed by atoms with Crippen molar-refractivity contribution in [3.05, 3.63) is 53.1 Å². The van der Waals surface area contributed by atoms with Crippen LogP contribution in [0.4, 0.5) is 0 Å². The van der Waals surface area contributed by atoms with Crippen LogP contribution in [0.3, 0.4) is 0 Å². The first kappa shape index (κ1) is 13.8. The molecule has 0 saturated heterocycles. The van der Waals surface area contributed by atoms with Crippen LogP contribution in [0.1, 0.15) is 22.6 Å². The van der Waals surface area contributed by atoms with Gasteiger partial charge in [-0.05, 0) is 25.0 Å². The van der Waals surface area contributed by atoms with Gasteiger partial charge < -0.3 is 5.32 Å². The number of thiazole rings is 1. The molecule has 3 rings (SSSR count). The summed E-state index contributed by atoms with van der Waals surface area (Å²) in [5.74, 6) is 0.0337. The largest absolute Gasteiger partial charge is 0.350 e. The van der Waals surface area contributed by atoms with Gasteiger partial charge in [-0.3, -0.25) is 14.2 Å². The quantitative estimate of drug-likeness (QED) is 0.787. The van der Waals surface area contributed by atoms with Gasteiger partial charge in [0.25, 0.3) is 0 Å². The van der Waals surface area contributed by atoms with E-state index >= 15 is 0 Å². The van der Waals surface area contributed by atoms with Gasteiger partial charge in [-0.2, -0.15) is 0 Å². The van der Waals surface area contributed by atoms with Gasteiger partial charge in [0.2, 0.25) is 5.91 Å². The second kappa shape index (κ2) is 6.05. The van der Waals surface area contributed by atoms with Gasteiger partial charge in [-0.25, -0.2) is 4.98 Å². The minimum atomic E-state index is 0.0337. The molecule has 0 aliphatic carbocycles. The van der Waals surface area contributed by atoms with Crippen molar-refractivity contribution in [1.29, 1.82) is 0 Å². The fourth-order valence-corrected chi connectivity index (χ4v) is 2.95. The fraction of sp³-hybridized carbons (Fsp3) is 0.267. The zero-order valence-corrected chi connectivity index (χ0v) is 12.6. The summed E-state index contributed by atoms with van der Waals surface area (Å²) in [6, 6.07) is 3.86. The average molecular weight is 300 g/mol. The summed E-state index contributed by atoms with van der Waals surface area (Å²) in [6.07, 6.45) is 8.69. The van der Waals surface area contributed by atoms with Crippen molar-refractivity contribution in [2.75, 3.05) is 0 Å². The molecule has 5 nitrogen and oxygen atoms in total. The Balaban J connectivity index is 1.50. The van der Waals surface area contributed by atoms with Gasteiger partial charge in [0.05, 0.1) is 12.2 Å². The van der Waals surface area contributed by atoms with Crippen LogP contribution in [-0.4, -0.2) is 20.3 Å². The van der Waals surface area contributed by atoms with E-state index in [1.165, 1.54) is 4.88 Å². The van der Waals surface area contributed by atoms with Gasteiger partial charge in [0, 0.05) is 36.1 Å². The zero-order valence-electron chi connectivity index (χ0n) is 11.7. The van der Waals surface area contributed by atoms with Gasteiger partial charge >= 0.3 is 0 Å². The lowest BCUT2D eigenvalue weighted by Gasteiger charge is -2.03. The lowest BCUT2D eigenvalue weighted by molar-refractivity contribution is -0.121. The maximum Gasteiger partial charge on any atom is 0.220 e. The normalized spacial score (nSPS) is 10.9. The van der Waals surface area contributed by atoms with Crippen LogP contribution in [0.2, 0.25) is 0 Å². The van der Waals surface area contributed by atoms with Crippen molar-refractivity contribution in [2.24, 2.45) is 0 Å². The minimum Gasteiger partial charge on any atom is -0.350 e. The summed E-state index contributed by atoms with van der Waals surface area (Å²) in [5.41, 5.74) is 1.96. The summed E-state index contributed by atoms with van der Waals surface area (Å²) < 4.78 is 2.00. The number of pyridine rings is 1. The molecule has 3 aromatic rings. The molecule has 108 valence electrons. The number of nitrogens with zero attached hydrogens (tertiary/aromatic N) is 3. The summed E-state index contributed by atoms with van der Waals surface area (Å²) in [5, 5.41) is 2.90. The molecule has 0 saturated carbocycles. The lowest BCUT2D eigenvalue weighted by atomic mass is 10.1. The fourth-order valence-electron chi connectivity index (χ4n) is 2.13. The number of hydrogen-bond acceptors (Lipinski definition) is 4. The van der Waals surface area contributed by atoms with Crippen molar-refractivity contribution in [1.82, 2.24) is 19.7 Å². The van der Waals surface area contributed by atoms with Crippen molar-refractivity contribution in [3.8, 4) is 0 Å². The second-order valence-corrected chi connectivity index (χ2v) is 6.12. The Kier molecular flexibility index (Phi) is 3.96. The molecule has 0 aliphatic rings. The maximum absolute atomic E-state index is 11.8. The molecule has 0 radical (unpaired) electrons. The average Bonchev–Trinajstić information content (AvgIpc) is 3.01. The molecule has 0 aliphatic heterocycles. The Labute approximate surface area is 126 Å². The Bertz CT molecular complexity index is 716. The van der Waals surface area contributed by atoms with Gasteiger partial charge in [-0.1, -0.05) is 6.07 Å². The smallest absolute Gasteiger partial charge is 0.220 e. The number of nitrogens with one attached hydrogen (secondary N) is 1. The number of carbonyl (C=O) groups is 1. The standard InChI is InChI=1S/C15H16N4OS/c1-11-9-19-10-13(18-15(19)21-11)8-17-14(20)5-4-12-3-2-6-16-7-12/h2-3,6-7,9-10H,4-5,8H2,1H3,(H,17,20). The third kappa shape index (κ3) is 3.46. The molecule has 1 N–H and O–H groups in total. The molecule has 1 amide bonds. The predicted octanol–water partition coefficient (Wildman–Crippen LogP) is 2.35. The molecule has 0 bridgehead atoms. The highest BCUT2D eigenvalue weighted by Gasteiger charge is 2.07. The number of hydrogen-bond donors (Lipinski definition) is 1. The minimum absolute atomic E-state index is 0.0337. The second-order valence-electron chi connectivity index (χ2n) is 4.90. The van der Waals surface area contributed by atoms with Gasteiger partial charge in [0.1, 0.15) is 0 Å². The van der Waals surface area contributed by atoms with Crippen LogP contribution in [-0.2, 0) is 17.8 Å². The Morgan fingerprint density at radius 2 is 2.33 bits per heavy atom. The molecular weight excluding hydrogens is 284 g/mol. The van der Waals surface area contributed by atoms with Crippen molar-refractivity contribution in [2.45, 2.75) is 26.3 Å². The number of fused-ring (bicyclic) bond motifs is 1. The van der Waals surface area contributed by atoms with E-state index in [0.717, 1.165) is 16.2 Å². The monoisotopic (exact) mass is 300 g/mol. The van der Waals surface area contributed by atoms with E-state index in [9.17, 15) is 4.79 Å². The van der Waals surface area contributed by atoms with Crippen LogP contribution in [0.15, 0.2) is 36.9 Å². The highest BCUT2D eigenvalue weighted by molar-refractivity contribution is 7.16. The Morgan fingerprint density at radius 3 is 3.10 bits per heavy atom. The molecule has 6 heteroatoms. The Hall–Kier alpha value is -2.21. The topological polar surface area (TPSA) is 59.3 Å². The van der Waals surface area contributed by atoms with E-state index in [0.29, 0.717) is 19.4 Å². The summed E-state index contributed by atoms with van der Waals surface area (Å²) in [4.78, 5) is 22.5. The third-order valence-corrected chi connectivity index (χ3v) is 4.06. The summed E-state index contributed by atoms with van der Waals surface area (Å²) in [7, 11) is 0. The molecule has 0 unspecified atom stereocenters. The molecule has 21 heavy (non-hydrogen) atoms. The van der Waals surface area contributed by atoms with Gasteiger partial charge in [0.15, 0.2) is 4.96 Å². The zero-order chi connectivity index (χ0) is 14.7.